The third kappa shape index (κ3) is 3.89. The highest BCUT2D eigenvalue weighted by molar-refractivity contribution is 9.10. The van der Waals surface area contributed by atoms with Gasteiger partial charge in [-0.15, -0.1) is 0 Å². The summed E-state index contributed by atoms with van der Waals surface area (Å²) in [6, 6.07) is 7.83. The van der Waals surface area contributed by atoms with Crippen LogP contribution in [0.25, 0.3) is 0 Å². The highest BCUT2D eigenvalue weighted by Gasteiger charge is 2.21. The van der Waals surface area contributed by atoms with E-state index >= 15 is 0 Å². The number of benzene rings is 1. The lowest BCUT2D eigenvalue weighted by Gasteiger charge is -2.02. The Morgan fingerprint density at radius 2 is 2.00 bits per heavy atom. The summed E-state index contributed by atoms with van der Waals surface area (Å²) < 4.78 is 5.64. The van der Waals surface area contributed by atoms with Crippen molar-refractivity contribution in [3.8, 4) is 0 Å². The maximum absolute atomic E-state index is 11.6. The molecule has 1 N–H and O–H groups in total. The lowest BCUT2D eigenvalue weighted by atomic mass is 10.2. The van der Waals surface area contributed by atoms with Gasteiger partial charge in [-0.1, -0.05) is 39.4 Å². The summed E-state index contributed by atoms with van der Waals surface area (Å²) in [5, 5.41) is 3.62. The summed E-state index contributed by atoms with van der Waals surface area (Å²) in [5.41, 5.74) is 1.13. The van der Waals surface area contributed by atoms with E-state index in [-0.39, 0.29) is 11.5 Å². The molecular weight excluding hydrogens is 356 g/mol. The number of ketones is 1. The second-order valence-electron chi connectivity index (χ2n) is 4.22. The molecule has 1 aromatic carbocycles. The topological polar surface area (TPSA) is 68.3 Å². The van der Waals surface area contributed by atoms with Crippen LogP contribution in [0.2, 0.25) is 0 Å². The van der Waals surface area contributed by atoms with E-state index in [1.165, 1.54) is 14.0 Å². The van der Waals surface area contributed by atoms with Gasteiger partial charge in [-0.2, -0.15) is 0 Å². The minimum atomic E-state index is -0.604. The summed E-state index contributed by atoms with van der Waals surface area (Å²) in [6.45, 7) is 1.96. The van der Waals surface area contributed by atoms with Gasteiger partial charge in [0.15, 0.2) is 16.6 Å². The summed E-state index contributed by atoms with van der Waals surface area (Å²) in [6.07, 6.45) is 0. The van der Waals surface area contributed by atoms with Crippen LogP contribution in [0.4, 0.5) is 5.13 Å². The van der Waals surface area contributed by atoms with Gasteiger partial charge >= 0.3 is 5.97 Å². The van der Waals surface area contributed by atoms with Gasteiger partial charge in [0.25, 0.3) is 0 Å². The van der Waals surface area contributed by atoms with E-state index in [9.17, 15) is 9.59 Å². The second kappa shape index (κ2) is 6.82. The molecule has 0 aliphatic heterocycles. The molecule has 110 valence electrons. The monoisotopic (exact) mass is 368 g/mol. The Labute approximate surface area is 134 Å². The number of hydrogen-bond acceptors (Lipinski definition) is 6. The molecule has 1 aromatic heterocycles. The van der Waals surface area contributed by atoms with Crippen molar-refractivity contribution in [2.24, 2.45) is 0 Å². The summed E-state index contributed by atoms with van der Waals surface area (Å²) >= 11 is 4.53. The Hall–Kier alpha value is -1.73. The zero-order chi connectivity index (χ0) is 15.4. The first-order chi connectivity index (χ1) is 10.0. The molecule has 0 bridgehead atoms. The average molecular weight is 369 g/mol. The molecule has 0 spiro atoms. The number of methoxy groups -OCH3 is 1. The van der Waals surface area contributed by atoms with Crippen LogP contribution in [0, 0.1) is 0 Å². The number of rotatable bonds is 5. The fourth-order valence-corrected chi connectivity index (χ4v) is 2.76. The highest BCUT2D eigenvalue weighted by atomic mass is 79.9. The van der Waals surface area contributed by atoms with Gasteiger partial charge in [0.05, 0.1) is 7.11 Å². The number of esters is 1. The van der Waals surface area contributed by atoms with Gasteiger partial charge in [-0.3, -0.25) is 4.79 Å². The number of nitrogens with one attached hydrogen (secondary N) is 1. The average Bonchev–Trinajstić information content (AvgIpc) is 2.90. The van der Waals surface area contributed by atoms with E-state index in [1.54, 1.807) is 0 Å². The second-order valence-corrected chi connectivity index (χ2v) is 6.14. The predicted molar refractivity (Wildman–Crippen MR) is 84.9 cm³/mol. The summed E-state index contributed by atoms with van der Waals surface area (Å²) in [5.74, 6) is -0.808. The van der Waals surface area contributed by atoms with E-state index in [4.69, 9.17) is 0 Å². The lowest BCUT2D eigenvalue weighted by molar-refractivity contribution is 0.0591. The number of nitrogens with zero attached hydrogens (tertiary/aromatic N) is 1. The molecule has 0 fully saturated rings. The molecule has 0 saturated carbocycles. The molecule has 1 heterocycles. The maximum Gasteiger partial charge on any atom is 0.358 e. The smallest absolute Gasteiger partial charge is 0.358 e. The van der Waals surface area contributed by atoms with E-state index in [0.717, 1.165) is 21.4 Å². The molecule has 0 aliphatic carbocycles. The minimum Gasteiger partial charge on any atom is -0.464 e. The Kier molecular flexibility index (Phi) is 5.08. The number of carbonyl (C=O) groups is 2. The number of thiazole rings is 1. The van der Waals surface area contributed by atoms with Crippen LogP contribution in [0.1, 0.15) is 32.6 Å². The van der Waals surface area contributed by atoms with Gasteiger partial charge in [0.1, 0.15) is 4.88 Å². The lowest BCUT2D eigenvalue weighted by Crippen LogP contribution is -2.07. The maximum atomic E-state index is 11.6. The summed E-state index contributed by atoms with van der Waals surface area (Å²) in [4.78, 5) is 27.6. The predicted octanol–water partition coefficient (Wildman–Crippen LogP) is 3.51. The summed E-state index contributed by atoms with van der Waals surface area (Å²) in [7, 11) is 1.26. The van der Waals surface area contributed by atoms with Crippen molar-refractivity contribution in [3.05, 3.63) is 44.9 Å². The fraction of sp³-hybridized carbons (Fsp3) is 0.214. The van der Waals surface area contributed by atoms with Crippen LogP contribution < -0.4 is 5.32 Å². The van der Waals surface area contributed by atoms with Crippen LogP contribution >= 0.6 is 27.3 Å². The quantitative estimate of drug-likeness (QED) is 0.645. The molecule has 2 rings (SSSR count). The van der Waals surface area contributed by atoms with Crippen molar-refractivity contribution < 1.29 is 14.3 Å². The van der Waals surface area contributed by atoms with Gasteiger partial charge < -0.3 is 10.1 Å². The van der Waals surface area contributed by atoms with Crippen molar-refractivity contribution in [3.63, 3.8) is 0 Å². The third-order valence-corrected chi connectivity index (χ3v) is 4.33. The molecule has 2 aromatic rings. The number of aromatic nitrogens is 1. The molecule has 21 heavy (non-hydrogen) atoms. The number of ether oxygens (including phenoxy) is 1. The first kappa shape index (κ1) is 15.7. The number of Topliss-reactive ketones (excluding diaryl/α,β-unsaturated/α-hetero) is 1. The number of anilines is 1. The first-order valence-corrected chi connectivity index (χ1v) is 7.70. The largest absolute Gasteiger partial charge is 0.464 e. The molecule has 0 radical (unpaired) electrons. The molecule has 0 unspecified atom stereocenters. The zero-order valence-electron chi connectivity index (χ0n) is 11.5. The Morgan fingerprint density at radius 3 is 2.57 bits per heavy atom. The molecular formula is C14H13BrN2O3S. The zero-order valence-corrected chi connectivity index (χ0v) is 13.9. The normalized spacial score (nSPS) is 10.2. The molecule has 0 amide bonds. The number of carbonyl (C=O) groups excluding carboxylic acids is 2. The van der Waals surface area contributed by atoms with E-state index in [1.807, 2.05) is 24.3 Å². The molecule has 0 aliphatic rings. The van der Waals surface area contributed by atoms with Gasteiger partial charge in [0.2, 0.25) is 0 Å². The fourth-order valence-electron chi connectivity index (χ4n) is 1.65. The SMILES string of the molecule is COC(=O)c1nc(NCc2ccc(Br)cc2)sc1C(C)=O. The van der Waals surface area contributed by atoms with Crippen LogP contribution in [0.5, 0.6) is 0 Å². The van der Waals surface area contributed by atoms with Gasteiger partial charge in [0, 0.05) is 17.9 Å². The van der Waals surface area contributed by atoms with Crippen molar-refractivity contribution in [2.75, 3.05) is 12.4 Å². The molecule has 0 atom stereocenters. The van der Waals surface area contributed by atoms with Crippen molar-refractivity contribution in [2.45, 2.75) is 13.5 Å². The standard InChI is InChI=1S/C14H13BrN2O3S/c1-8(18)12-11(13(19)20-2)17-14(21-12)16-7-9-3-5-10(15)6-4-9/h3-6H,7H2,1-2H3,(H,16,17). The minimum absolute atomic E-state index is 0.0632. The molecule has 5 nitrogen and oxygen atoms in total. The third-order valence-electron chi connectivity index (χ3n) is 2.68. The van der Waals surface area contributed by atoms with Crippen LogP contribution in [0.15, 0.2) is 28.7 Å². The highest BCUT2D eigenvalue weighted by Crippen LogP contribution is 2.25. The van der Waals surface area contributed by atoms with Gasteiger partial charge in [-0.25, -0.2) is 9.78 Å². The Bertz CT molecular complexity index is 667. The Balaban J connectivity index is 2.15. The van der Waals surface area contributed by atoms with Crippen LogP contribution in [-0.2, 0) is 11.3 Å². The van der Waals surface area contributed by atoms with Crippen LogP contribution in [-0.4, -0.2) is 23.8 Å². The van der Waals surface area contributed by atoms with Gasteiger partial charge in [-0.05, 0) is 17.7 Å². The Morgan fingerprint density at radius 1 is 1.33 bits per heavy atom. The molecule has 0 saturated heterocycles. The number of halogens is 1. The van der Waals surface area contributed by atoms with Crippen molar-refractivity contribution in [1.82, 2.24) is 4.98 Å². The van der Waals surface area contributed by atoms with E-state index < -0.39 is 5.97 Å². The molecule has 7 heteroatoms. The number of hydrogen-bond donors (Lipinski definition) is 1. The van der Waals surface area contributed by atoms with E-state index in [0.29, 0.717) is 16.6 Å². The van der Waals surface area contributed by atoms with Crippen molar-refractivity contribution >= 4 is 44.2 Å². The van der Waals surface area contributed by atoms with E-state index in [2.05, 4.69) is 31.0 Å². The van der Waals surface area contributed by atoms with Crippen molar-refractivity contribution in [1.29, 1.82) is 0 Å². The first-order valence-electron chi connectivity index (χ1n) is 6.09. The van der Waals surface area contributed by atoms with Crippen LogP contribution in [0.3, 0.4) is 0 Å².